The molecule has 0 aromatic heterocycles. The minimum atomic E-state index is -0.720. The van der Waals surface area contributed by atoms with E-state index in [1.54, 1.807) is 0 Å². The van der Waals surface area contributed by atoms with Crippen molar-refractivity contribution in [1.82, 2.24) is 0 Å². The van der Waals surface area contributed by atoms with Gasteiger partial charge in [0.05, 0.1) is 98.5 Å². The summed E-state index contributed by atoms with van der Waals surface area (Å²) in [6, 6.07) is 38.3. The van der Waals surface area contributed by atoms with Crippen LogP contribution in [0.25, 0.3) is 10.4 Å². The second kappa shape index (κ2) is 26.2. The first-order valence-corrected chi connectivity index (χ1v) is 22.5. The Balaban J connectivity index is 0.845. The molecule has 4 heterocycles. The number of nitrogens with zero attached hydrogens (tertiary/aromatic N) is 3. The molecule has 0 aliphatic carbocycles. The smallest absolute Gasteiger partial charge is 0.184 e. The summed E-state index contributed by atoms with van der Waals surface area (Å²) in [5.41, 5.74) is 13.4. The molecule has 0 N–H and O–H groups in total. The van der Waals surface area contributed by atoms with Crippen molar-refractivity contribution in [1.29, 1.82) is 0 Å². The molecule has 66 heavy (non-hydrogen) atoms. The van der Waals surface area contributed by atoms with Gasteiger partial charge in [-0.25, -0.2) is 0 Å². The van der Waals surface area contributed by atoms with E-state index in [-0.39, 0.29) is 64.1 Å². The van der Waals surface area contributed by atoms with Gasteiger partial charge in [-0.3, -0.25) is 0 Å². The van der Waals surface area contributed by atoms with E-state index in [2.05, 4.69) is 10.0 Å². The van der Waals surface area contributed by atoms with Gasteiger partial charge >= 0.3 is 0 Å². The van der Waals surface area contributed by atoms with Crippen LogP contribution in [0.15, 0.2) is 126 Å². The highest BCUT2D eigenvalue weighted by Gasteiger charge is 2.30. The Kier molecular flexibility index (Phi) is 19.1. The van der Waals surface area contributed by atoms with Crippen molar-refractivity contribution in [2.75, 3.05) is 92.5 Å². The minimum Gasteiger partial charge on any atom is -0.373 e. The van der Waals surface area contributed by atoms with Crippen LogP contribution in [0.1, 0.15) is 47.4 Å². The summed E-state index contributed by atoms with van der Waals surface area (Å²) in [4.78, 5) is 3.11. The van der Waals surface area contributed by atoms with Crippen LogP contribution in [-0.4, -0.2) is 135 Å². The molecule has 0 spiro atoms. The first-order valence-electron chi connectivity index (χ1n) is 22.5. The fourth-order valence-corrected chi connectivity index (χ4v) is 7.48. The van der Waals surface area contributed by atoms with E-state index in [0.717, 1.165) is 22.3 Å². The van der Waals surface area contributed by atoms with E-state index in [1.807, 2.05) is 121 Å². The summed E-state index contributed by atoms with van der Waals surface area (Å²) in [6.07, 6.45) is -4.37. The quantitative estimate of drug-likeness (QED) is 0.0424. The lowest BCUT2D eigenvalue weighted by molar-refractivity contribution is -0.245. The first kappa shape index (κ1) is 48.1. The Labute approximate surface area is 384 Å². The maximum atomic E-state index is 9.61. The van der Waals surface area contributed by atoms with E-state index < -0.39 is 43.4 Å². The lowest BCUT2D eigenvalue weighted by Gasteiger charge is -2.32. The van der Waals surface area contributed by atoms with Crippen LogP contribution in [-0.2, 0) is 66.3 Å². The average molecular weight is 914 g/mol. The largest absolute Gasteiger partial charge is 0.373 e. The SMILES string of the molecule is [N-]=[N+]=NC(COC(COC1COC(c2ccccc2)OC1)COC1COC(c2ccccc2)OC1)COC(COC1COC(c2ccccc2)OC1)COC1COC(c2ccccc2)OC1. The third-order valence-corrected chi connectivity index (χ3v) is 11.1. The van der Waals surface area contributed by atoms with Crippen LogP contribution in [0, 0.1) is 0 Å². The molecule has 4 fully saturated rings. The fraction of sp³-hybridized carbons (Fsp3) is 0.510. The summed E-state index contributed by atoms with van der Waals surface area (Å²) in [5.74, 6) is 0. The van der Waals surface area contributed by atoms with E-state index in [1.165, 1.54) is 0 Å². The monoisotopic (exact) mass is 913 g/mol. The lowest BCUT2D eigenvalue weighted by Crippen LogP contribution is -2.41. The van der Waals surface area contributed by atoms with Gasteiger partial charge in [0, 0.05) is 27.2 Å². The molecular formula is C49H59N3O14. The number of hydrogen-bond donors (Lipinski definition) is 0. The van der Waals surface area contributed by atoms with Crippen molar-refractivity contribution < 1.29 is 66.3 Å². The molecule has 8 rings (SSSR count). The molecule has 0 amide bonds. The Hall–Kier alpha value is -4.37. The zero-order valence-corrected chi connectivity index (χ0v) is 36.9. The molecule has 4 aromatic carbocycles. The fourth-order valence-electron chi connectivity index (χ4n) is 7.48. The van der Waals surface area contributed by atoms with Crippen LogP contribution in [0.5, 0.6) is 0 Å². The molecule has 4 saturated heterocycles. The third kappa shape index (κ3) is 15.1. The van der Waals surface area contributed by atoms with Gasteiger partial charge in [-0.1, -0.05) is 126 Å². The lowest BCUT2D eigenvalue weighted by atomic mass is 10.2. The summed E-state index contributed by atoms with van der Waals surface area (Å²) in [5, 5.41) is 4.02. The van der Waals surface area contributed by atoms with Crippen LogP contribution < -0.4 is 0 Å². The normalized spacial score (nSPS) is 27.3. The molecule has 0 atom stereocenters. The van der Waals surface area contributed by atoms with Crippen LogP contribution >= 0.6 is 0 Å². The second-order valence-electron chi connectivity index (χ2n) is 16.2. The highest BCUT2D eigenvalue weighted by atomic mass is 16.7. The molecule has 354 valence electrons. The van der Waals surface area contributed by atoms with E-state index in [9.17, 15) is 5.53 Å². The highest BCUT2D eigenvalue weighted by molar-refractivity contribution is 5.18. The Morgan fingerprint density at radius 1 is 0.394 bits per heavy atom. The number of hydrogen-bond acceptors (Lipinski definition) is 15. The van der Waals surface area contributed by atoms with Crippen molar-refractivity contribution in [3.8, 4) is 0 Å². The maximum Gasteiger partial charge on any atom is 0.184 e. The predicted molar refractivity (Wildman–Crippen MR) is 236 cm³/mol. The highest BCUT2D eigenvalue weighted by Crippen LogP contribution is 2.27. The molecular weight excluding hydrogens is 855 g/mol. The zero-order chi connectivity index (χ0) is 45.0. The van der Waals surface area contributed by atoms with Gasteiger partial charge in [-0.05, 0) is 5.53 Å². The van der Waals surface area contributed by atoms with Crippen LogP contribution in [0.2, 0.25) is 0 Å². The van der Waals surface area contributed by atoms with Gasteiger partial charge in [0.1, 0.15) is 36.6 Å². The third-order valence-electron chi connectivity index (χ3n) is 11.1. The standard InChI is InChI=1S/C49H59N3O14/c50-52-51-39(21-53-40(23-55-42-27-59-46(60-28-42)35-13-5-1-6-14-35)24-56-43-29-61-47(62-30-43)36-15-7-2-8-16-36)22-54-41(25-57-44-31-63-48(64-32-44)37-17-9-3-10-18-37)26-58-45-33-65-49(66-34-45)38-19-11-4-12-20-38/h1-20,39-49H,21-34H2. The van der Waals surface area contributed by atoms with Gasteiger partial charge in [-0.2, -0.15) is 0 Å². The molecule has 0 radical (unpaired) electrons. The van der Waals surface area contributed by atoms with Crippen molar-refractivity contribution in [2.24, 2.45) is 5.11 Å². The van der Waals surface area contributed by atoms with E-state index >= 15 is 0 Å². The van der Waals surface area contributed by atoms with Crippen LogP contribution in [0.4, 0.5) is 0 Å². The van der Waals surface area contributed by atoms with Gasteiger partial charge in [0.25, 0.3) is 0 Å². The van der Waals surface area contributed by atoms with E-state index in [0.29, 0.717) is 52.9 Å². The number of benzene rings is 4. The van der Waals surface area contributed by atoms with Gasteiger partial charge < -0.3 is 66.3 Å². The Morgan fingerprint density at radius 2 is 0.636 bits per heavy atom. The van der Waals surface area contributed by atoms with Crippen molar-refractivity contribution in [3.63, 3.8) is 0 Å². The molecule has 17 heteroatoms. The maximum absolute atomic E-state index is 9.61. The van der Waals surface area contributed by atoms with Crippen molar-refractivity contribution in [3.05, 3.63) is 154 Å². The minimum absolute atomic E-state index is 0.00767. The predicted octanol–water partition coefficient (Wildman–Crippen LogP) is 6.96. The Bertz CT molecular complexity index is 1710. The summed E-state index contributed by atoms with van der Waals surface area (Å²) >= 11 is 0. The number of azide groups is 1. The Morgan fingerprint density at radius 3 is 0.864 bits per heavy atom. The number of ether oxygens (including phenoxy) is 14. The zero-order valence-electron chi connectivity index (χ0n) is 36.9. The molecule has 0 bridgehead atoms. The second-order valence-corrected chi connectivity index (χ2v) is 16.2. The van der Waals surface area contributed by atoms with Crippen molar-refractivity contribution in [2.45, 2.75) is 67.8 Å². The molecule has 4 aliphatic rings. The molecule has 4 aromatic rings. The molecule has 4 aliphatic heterocycles. The topological polar surface area (TPSA) is 178 Å². The molecule has 0 saturated carbocycles. The summed E-state index contributed by atoms with van der Waals surface area (Å²) in [6.45, 7) is 3.26. The van der Waals surface area contributed by atoms with Crippen molar-refractivity contribution >= 4 is 0 Å². The summed E-state index contributed by atoms with van der Waals surface area (Å²) < 4.78 is 85.6. The van der Waals surface area contributed by atoms with E-state index in [4.69, 9.17) is 66.3 Å². The first-order chi connectivity index (χ1) is 32.6. The summed E-state index contributed by atoms with van der Waals surface area (Å²) in [7, 11) is 0. The van der Waals surface area contributed by atoms with Gasteiger partial charge in [-0.15, -0.1) is 0 Å². The average Bonchev–Trinajstić information content (AvgIpc) is 3.39. The van der Waals surface area contributed by atoms with Gasteiger partial charge in [0.2, 0.25) is 0 Å². The molecule has 0 unspecified atom stereocenters. The van der Waals surface area contributed by atoms with Gasteiger partial charge in [0.15, 0.2) is 25.2 Å². The molecule has 17 nitrogen and oxygen atoms in total. The van der Waals surface area contributed by atoms with Crippen LogP contribution in [0.3, 0.4) is 0 Å². The number of rotatable bonds is 23.